The molecule has 6 aromatic heterocycles. The third-order valence-electron chi connectivity index (χ3n) is 22.9. The number of alkyl halides is 6. The van der Waals surface area contributed by atoms with Crippen molar-refractivity contribution in [2.45, 2.75) is 291 Å². The van der Waals surface area contributed by atoms with Crippen LogP contribution in [0.5, 0.6) is 17.2 Å². The number of benzene rings is 6. The van der Waals surface area contributed by atoms with Crippen LogP contribution in [0.25, 0.3) is 0 Å². The number of aryl methyl sites for hydroxylation is 4. The molecule has 794 valence electrons. The highest BCUT2D eigenvalue weighted by atomic mass is 35.5. The Bertz CT molecular complexity index is 6070. The molecule has 12 aromatic rings. The first-order valence-corrected chi connectivity index (χ1v) is 49.8. The fraction of sp³-hybridized carbons (Fsp3) is 0.481. The SMILES string of the molecule is CC(C)(F)c1nc(N)nc(NC(CCCc2ccccc2)C2CC2)n1.CC(C)(F)c1nc(N)nc(NC(CCc2ccccc2)C2CCC2)n1.CC(COc1cc(Cl)cc(CO)c1)Nc1nc(N)nc(C(C)(C)F)n1.CC(COc1cccc(Cl)c1)Nc1nc(N)nc(C(C)(C)F)n1.CCC(CCOc1ccc(F)c(C)c1)Nc1nc(N)nc(C(C)(C)F)n1.CCC(CCc1ccccc1)Nc1nc(N)nc(C(C)(C)F)n1. The summed E-state index contributed by atoms with van der Waals surface area (Å²) in [5.41, 5.74) is 29.1. The van der Waals surface area contributed by atoms with E-state index in [9.17, 15) is 35.8 Å². The van der Waals surface area contributed by atoms with Crippen molar-refractivity contribution in [3.8, 4) is 17.2 Å². The molecule has 6 aromatic carbocycles. The second-order valence-electron chi connectivity index (χ2n) is 39.0. The maximum atomic E-state index is 14.2. The number of anilines is 12. The van der Waals surface area contributed by atoms with Crippen LogP contribution in [0, 0.1) is 24.6 Å². The van der Waals surface area contributed by atoms with E-state index < -0.39 is 34.0 Å². The average Bonchev–Trinajstić information content (AvgIpc) is 1.70. The molecule has 14 rings (SSSR count). The lowest BCUT2D eigenvalue weighted by Crippen LogP contribution is -2.35. The topological polar surface area (TPSA) is 508 Å². The molecule has 19 N–H and O–H groups in total. The number of aliphatic hydroxyl groups is 1. The molecule has 0 aliphatic heterocycles. The van der Waals surface area contributed by atoms with Crippen molar-refractivity contribution in [2.75, 3.05) is 86.1 Å². The van der Waals surface area contributed by atoms with Crippen LogP contribution in [0.1, 0.15) is 251 Å². The van der Waals surface area contributed by atoms with Crippen molar-refractivity contribution in [3.05, 3.63) is 230 Å². The van der Waals surface area contributed by atoms with Crippen LogP contribution < -0.4 is 80.5 Å². The minimum Gasteiger partial charge on any atom is -0.494 e. The van der Waals surface area contributed by atoms with E-state index in [0.29, 0.717) is 93.8 Å². The van der Waals surface area contributed by atoms with Gasteiger partial charge in [-0.25, -0.2) is 30.7 Å². The summed E-state index contributed by atoms with van der Waals surface area (Å²) in [5.74, 6) is 4.60. The average molecular weight is 2080 g/mol. The van der Waals surface area contributed by atoms with Crippen LogP contribution in [0.3, 0.4) is 0 Å². The maximum Gasteiger partial charge on any atom is 0.228 e. The Balaban J connectivity index is 0.000000196. The van der Waals surface area contributed by atoms with Gasteiger partial charge in [0.1, 0.15) is 36.3 Å². The molecule has 0 radical (unpaired) electrons. The van der Waals surface area contributed by atoms with Crippen LogP contribution in [0.4, 0.5) is 102 Å². The minimum atomic E-state index is -1.73. The molecule has 2 fully saturated rings. The largest absolute Gasteiger partial charge is 0.494 e. The molecule has 0 saturated heterocycles. The number of aliphatic hydroxyl groups excluding tert-OH is 1. The number of hydrogen-bond acceptors (Lipinski definition) is 34. The third-order valence-corrected chi connectivity index (χ3v) is 23.3. The zero-order valence-corrected chi connectivity index (χ0v) is 88.1. The highest BCUT2D eigenvalue weighted by Gasteiger charge is 2.35. The monoisotopic (exact) mass is 2080 g/mol. The molecule has 2 aliphatic rings. The maximum absolute atomic E-state index is 14.2. The highest BCUT2D eigenvalue weighted by molar-refractivity contribution is 6.31. The summed E-state index contributed by atoms with van der Waals surface area (Å²) in [6.45, 7) is 27.0. The molecule has 2 saturated carbocycles. The van der Waals surface area contributed by atoms with Gasteiger partial charge in [-0.1, -0.05) is 141 Å². The smallest absolute Gasteiger partial charge is 0.228 e. The van der Waals surface area contributed by atoms with Crippen molar-refractivity contribution < 1.29 is 50.1 Å². The molecular weight excluding hydrogens is 1940 g/mol. The molecule has 0 amide bonds. The summed E-state index contributed by atoms with van der Waals surface area (Å²) < 4.78 is 115. The molecule has 6 heterocycles. The lowest BCUT2D eigenvalue weighted by molar-refractivity contribution is 0.206. The first kappa shape index (κ1) is 117. The number of hydrogen-bond donors (Lipinski definition) is 13. The van der Waals surface area contributed by atoms with Gasteiger partial charge < -0.3 is 85.6 Å². The van der Waals surface area contributed by atoms with Gasteiger partial charge in [0.2, 0.25) is 71.4 Å². The molecular formula is C104H141Cl2F7N30O4. The van der Waals surface area contributed by atoms with E-state index in [1.54, 1.807) is 55.5 Å². The van der Waals surface area contributed by atoms with E-state index in [2.05, 4.69) is 189 Å². The van der Waals surface area contributed by atoms with Gasteiger partial charge in [-0.15, -0.1) is 0 Å². The molecule has 43 heteroatoms. The summed E-state index contributed by atoms with van der Waals surface area (Å²) in [4.78, 5) is 72.3. The van der Waals surface area contributed by atoms with Crippen LogP contribution >= 0.6 is 23.2 Å². The van der Waals surface area contributed by atoms with Crippen molar-refractivity contribution in [2.24, 2.45) is 11.8 Å². The molecule has 6 atom stereocenters. The van der Waals surface area contributed by atoms with Gasteiger partial charge >= 0.3 is 0 Å². The van der Waals surface area contributed by atoms with E-state index in [-0.39, 0.29) is 138 Å². The van der Waals surface area contributed by atoms with E-state index in [4.69, 9.17) is 71.8 Å². The molecule has 2 aliphatic carbocycles. The number of aromatic nitrogens is 18. The lowest BCUT2D eigenvalue weighted by atomic mass is 9.78. The van der Waals surface area contributed by atoms with Gasteiger partial charge in [0.05, 0.1) is 25.3 Å². The molecule has 34 nitrogen and oxygen atoms in total. The minimum absolute atomic E-state index is 0.00826. The van der Waals surface area contributed by atoms with E-state index in [0.717, 1.165) is 57.8 Å². The Labute approximate surface area is 866 Å². The van der Waals surface area contributed by atoms with Gasteiger partial charge in [0, 0.05) is 40.6 Å². The Kier molecular flexibility index (Phi) is 43.6. The Morgan fingerprint density at radius 1 is 0.354 bits per heavy atom. The summed E-state index contributed by atoms with van der Waals surface area (Å²) >= 11 is 11.9. The third kappa shape index (κ3) is 41.7. The summed E-state index contributed by atoms with van der Waals surface area (Å²) in [5, 5.41) is 29.4. The van der Waals surface area contributed by atoms with Gasteiger partial charge in [0.25, 0.3) is 0 Å². The van der Waals surface area contributed by atoms with E-state index >= 15 is 0 Å². The quantitative estimate of drug-likeness (QED) is 0.0158. The van der Waals surface area contributed by atoms with Gasteiger partial charge in [-0.05, 0) is 282 Å². The predicted octanol–water partition coefficient (Wildman–Crippen LogP) is 20.9. The lowest BCUT2D eigenvalue weighted by Gasteiger charge is -2.34. The highest BCUT2D eigenvalue weighted by Crippen LogP contribution is 2.38. The summed E-state index contributed by atoms with van der Waals surface area (Å²) in [7, 11) is 0. The summed E-state index contributed by atoms with van der Waals surface area (Å²) in [6, 6.07) is 48.4. The van der Waals surface area contributed by atoms with Crippen molar-refractivity contribution in [1.29, 1.82) is 0 Å². The van der Waals surface area contributed by atoms with Crippen LogP contribution in [-0.4, -0.2) is 151 Å². The van der Waals surface area contributed by atoms with Crippen molar-refractivity contribution in [3.63, 3.8) is 0 Å². The molecule has 147 heavy (non-hydrogen) atoms. The molecule has 6 unspecified atom stereocenters. The fourth-order valence-corrected chi connectivity index (χ4v) is 14.9. The Morgan fingerprint density at radius 2 is 0.694 bits per heavy atom. The van der Waals surface area contributed by atoms with Gasteiger partial charge in [-0.3, -0.25) is 0 Å². The second kappa shape index (κ2) is 54.7. The van der Waals surface area contributed by atoms with Crippen LogP contribution in [-0.2, 0) is 59.9 Å². The number of ether oxygens (including phenoxy) is 3. The number of nitrogens with one attached hydrogen (secondary N) is 6. The van der Waals surface area contributed by atoms with Gasteiger partial charge in [0.15, 0.2) is 69.0 Å². The standard InChI is InChI=1S/2C19H26FN5.C18H25F2N5O.C17H24FN5.C16H21ClFN5O2.C15H19ClFN5O/c1-19(2,20)16-23-17(21)25-18(24-16)22-15(14-9-6-10-14)12-11-13-7-4-3-5-8-13;1-19(2,20)16-23-17(21)25-18(24-16)22-15(14-11-12-14)10-6-9-13-7-4-3-5-8-13;1-5-12(8-9-26-13-6-7-14(19)11(2)10-13)22-17-24-15(18(3,4)20)23-16(21)25-17;1-4-13(11-10-12-8-6-5-7-9-12)20-16-22-14(17(2,3)18)21-15(19)23-16;1-9(8-25-12-5-10(7-24)4-11(17)6-12)20-15-22-13(16(2,3)18)21-14(19)23-15;1-9(8-23-11-6-4-5-10(16)7-11)19-14-21-12(15(2,3)17)20-13(18)22-14/h2*3-5,7-8,14-15H,6,9-12H2,1-2H3,(H3,21,22,23,24,25);6-7,10,12H,5,8-9H2,1-4H3,(H3,21,22,23,24,25);5-9,13H,4,10-11H2,1-3H3,(H3,19,20,21,22,23);4-6,9,24H,7-8H2,1-3H3,(H3,19,20,21,22,23);4-7,9H,8H2,1-3H3,(H3,18,19,20,21,22). The fourth-order valence-electron chi connectivity index (χ4n) is 14.5. The molecule has 0 spiro atoms. The number of nitrogens with zero attached hydrogens (tertiary/aromatic N) is 18. The van der Waals surface area contributed by atoms with E-state index in [1.807, 2.05) is 57.2 Å². The zero-order valence-electron chi connectivity index (χ0n) is 86.6. The number of rotatable bonds is 43. The Hall–Kier alpha value is -13.6. The van der Waals surface area contributed by atoms with Crippen LogP contribution in [0.15, 0.2) is 152 Å². The first-order valence-electron chi connectivity index (χ1n) is 49.1. The normalized spacial score (nSPS) is 13.9. The van der Waals surface area contributed by atoms with Crippen LogP contribution in [0.2, 0.25) is 10.0 Å². The summed E-state index contributed by atoms with van der Waals surface area (Å²) in [6.07, 6.45) is 15.5. The van der Waals surface area contributed by atoms with Crippen molar-refractivity contribution in [1.82, 2.24) is 89.7 Å². The second-order valence-corrected chi connectivity index (χ2v) is 39.9. The van der Waals surface area contributed by atoms with Crippen molar-refractivity contribution >= 4 is 94.6 Å². The number of nitrogen functional groups attached to an aromatic ring is 6. The first-order chi connectivity index (χ1) is 69.3. The van der Waals surface area contributed by atoms with Gasteiger partial charge in [-0.2, -0.15) is 89.7 Å². The molecule has 0 bridgehead atoms. The Morgan fingerprint density at radius 3 is 1.05 bits per heavy atom. The van der Waals surface area contributed by atoms with E-state index in [1.165, 1.54) is 138 Å². The number of halogens is 9. The zero-order chi connectivity index (χ0) is 108. The number of nitrogens with two attached hydrogens (primary N) is 6. The predicted molar refractivity (Wildman–Crippen MR) is 567 cm³/mol.